The van der Waals surface area contributed by atoms with Crippen LogP contribution in [0.4, 0.5) is 0 Å². The quantitative estimate of drug-likeness (QED) is 0.705. The van der Waals surface area contributed by atoms with Crippen LogP contribution < -0.4 is 10.1 Å². The number of hydrogen-bond donors (Lipinski definition) is 2. The van der Waals surface area contributed by atoms with Crippen LogP contribution in [0.5, 0.6) is 5.75 Å². The maximum atomic E-state index is 8.63. The number of rotatable bonds is 8. The Hall–Kier alpha value is -0.770. The fourth-order valence-corrected chi connectivity index (χ4v) is 1.61. The largest absolute Gasteiger partial charge is 0.496 e. The number of methoxy groups -OCH3 is 1. The molecule has 0 aliphatic heterocycles. The molecule has 98 valence electrons. The topological polar surface area (TPSA) is 41.5 Å². The number of aliphatic hydroxyl groups is 1. The van der Waals surface area contributed by atoms with Gasteiger partial charge in [-0.3, -0.25) is 0 Å². The average Bonchev–Trinajstić information content (AvgIpc) is 2.34. The van der Waals surface area contributed by atoms with Gasteiger partial charge < -0.3 is 15.2 Å². The normalized spacial score (nSPS) is 9.76. The Bertz CT molecular complexity index is 295. The molecule has 0 unspecified atom stereocenters. The first-order chi connectivity index (χ1) is 7.88. The minimum Gasteiger partial charge on any atom is -0.496 e. The molecule has 1 aromatic carbocycles. The molecule has 1 rings (SSSR count). The molecule has 0 aliphatic rings. The fraction of sp³-hybridized carbons (Fsp3) is 0.538. The van der Waals surface area contributed by atoms with Gasteiger partial charge in [0.2, 0.25) is 0 Å². The van der Waals surface area contributed by atoms with Crippen LogP contribution >= 0.6 is 12.4 Å². The lowest BCUT2D eigenvalue weighted by atomic mass is 10.2. The number of para-hydroxylation sites is 1. The number of nitrogens with one attached hydrogen (secondary N) is 1. The summed E-state index contributed by atoms with van der Waals surface area (Å²) in [6.07, 6.45) is 3.08. The van der Waals surface area contributed by atoms with Gasteiger partial charge in [0, 0.05) is 18.7 Å². The summed E-state index contributed by atoms with van der Waals surface area (Å²) in [6, 6.07) is 8.04. The zero-order valence-corrected chi connectivity index (χ0v) is 11.1. The molecule has 0 saturated carbocycles. The predicted octanol–water partition coefficient (Wildman–Crippen LogP) is 2.37. The highest BCUT2D eigenvalue weighted by molar-refractivity contribution is 5.85. The van der Waals surface area contributed by atoms with Crippen molar-refractivity contribution in [3.63, 3.8) is 0 Å². The zero-order valence-electron chi connectivity index (χ0n) is 10.3. The van der Waals surface area contributed by atoms with Gasteiger partial charge in [-0.2, -0.15) is 0 Å². The summed E-state index contributed by atoms with van der Waals surface area (Å²) in [4.78, 5) is 0. The Kier molecular flexibility index (Phi) is 9.92. The van der Waals surface area contributed by atoms with E-state index in [9.17, 15) is 0 Å². The molecule has 1 aromatic rings. The summed E-state index contributed by atoms with van der Waals surface area (Å²) in [5, 5.41) is 12.0. The molecule has 4 heteroatoms. The minimum atomic E-state index is 0. The van der Waals surface area contributed by atoms with Crippen LogP contribution in [0.2, 0.25) is 0 Å². The standard InChI is InChI=1S/C13H21NO2.ClH/c1-16-13-8-4-3-7-12(13)11-14-9-5-2-6-10-15;/h3-4,7-8,14-15H,2,5-6,9-11H2,1H3;1H. The summed E-state index contributed by atoms with van der Waals surface area (Å²) in [5.41, 5.74) is 1.19. The molecule has 2 N–H and O–H groups in total. The summed E-state index contributed by atoms with van der Waals surface area (Å²) < 4.78 is 5.27. The molecule has 0 aromatic heterocycles. The molecular weight excluding hydrogens is 238 g/mol. The minimum absolute atomic E-state index is 0. The van der Waals surface area contributed by atoms with Crippen molar-refractivity contribution in [2.45, 2.75) is 25.8 Å². The number of aliphatic hydroxyl groups excluding tert-OH is 1. The molecule has 0 radical (unpaired) electrons. The van der Waals surface area contributed by atoms with Crippen LogP contribution in [0, 0.1) is 0 Å². The van der Waals surface area contributed by atoms with E-state index in [0.29, 0.717) is 6.61 Å². The Labute approximate surface area is 110 Å². The molecule has 17 heavy (non-hydrogen) atoms. The van der Waals surface area contributed by atoms with E-state index in [-0.39, 0.29) is 12.4 Å². The molecule has 3 nitrogen and oxygen atoms in total. The van der Waals surface area contributed by atoms with Gasteiger partial charge in [-0.25, -0.2) is 0 Å². The molecule has 0 atom stereocenters. The highest BCUT2D eigenvalue weighted by Crippen LogP contribution is 2.16. The van der Waals surface area contributed by atoms with E-state index >= 15 is 0 Å². The summed E-state index contributed by atoms with van der Waals surface area (Å²) in [7, 11) is 1.69. The average molecular weight is 260 g/mol. The van der Waals surface area contributed by atoms with Crippen LogP contribution in [0.15, 0.2) is 24.3 Å². The highest BCUT2D eigenvalue weighted by Gasteiger charge is 1.99. The van der Waals surface area contributed by atoms with E-state index in [0.717, 1.165) is 38.1 Å². The Balaban J connectivity index is 0.00000256. The molecule has 0 aliphatic carbocycles. The fourth-order valence-electron chi connectivity index (χ4n) is 1.61. The molecule has 0 saturated heterocycles. The van der Waals surface area contributed by atoms with Crippen molar-refractivity contribution in [2.24, 2.45) is 0 Å². The van der Waals surface area contributed by atoms with E-state index < -0.39 is 0 Å². The van der Waals surface area contributed by atoms with E-state index in [1.165, 1.54) is 5.56 Å². The van der Waals surface area contributed by atoms with Gasteiger partial charge in [-0.15, -0.1) is 12.4 Å². The molecular formula is C13H22ClNO2. The summed E-state index contributed by atoms with van der Waals surface area (Å²) in [5.74, 6) is 0.936. The molecule has 0 fully saturated rings. The highest BCUT2D eigenvalue weighted by atomic mass is 35.5. The van der Waals surface area contributed by atoms with Gasteiger partial charge in [0.1, 0.15) is 5.75 Å². The molecule has 0 spiro atoms. The van der Waals surface area contributed by atoms with Gasteiger partial charge >= 0.3 is 0 Å². The monoisotopic (exact) mass is 259 g/mol. The third-order valence-electron chi connectivity index (χ3n) is 2.52. The van der Waals surface area contributed by atoms with Crippen LogP contribution in [-0.2, 0) is 6.54 Å². The van der Waals surface area contributed by atoms with E-state index in [1.54, 1.807) is 7.11 Å². The molecule has 0 bridgehead atoms. The lowest BCUT2D eigenvalue weighted by Crippen LogP contribution is -2.15. The number of halogens is 1. The Morgan fingerprint density at radius 1 is 1.18 bits per heavy atom. The smallest absolute Gasteiger partial charge is 0.123 e. The first-order valence-corrected chi connectivity index (χ1v) is 5.82. The number of benzene rings is 1. The van der Waals surface area contributed by atoms with Gasteiger partial charge in [0.05, 0.1) is 7.11 Å². The SMILES string of the molecule is COc1ccccc1CNCCCCCO.Cl. The second-order valence-corrected chi connectivity index (χ2v) is 3.77. The number of ether oxygens (including phenoxy) is 1. The zero-order chi connectivity index (χ0) is 11.6. The maximum Gasteiger partial charge on any atom is 0.123 e. The first-order valence-electron chi connectivity index (χ1n) is 5.82. The van der Waals surface area contributed by atoms with E-state index in [4.69, 9.17) is 9.84 Å². The first kappa shape index (κ1) is 16.2. The summed E-state index contributed by atoms with van der Waals surface area (Å²) in [6.45, 7) is 2.12. The van der Waals surface area contributed by atoms with Gasteiger partial charge in [-0.05, 0) is 31.9 Å². The van der Waals surface area contributed by atoms with Crippen molar-refractivity contribution < 1.29 is 9.84 Å². The Morgan fingerprint density at radius 3 is 2.65 bits per heavy atom. The van der Waals surface area contributed by atoms with E-state index in [1.807, 2.05) is 18.2 Å². The van der Waals surface area contributed by atoms with Crippen LogP contribution in [0.1, 0.15) is 24.8 Å². The lowest BCUT2D eigenvalue weighted by Gasteiger charge is -2.09. The summed E-state index contributed by atoms with van der Waals surface area (Å²) >= 11 is 0. The number of unbranched alkanes of at least 4 members (excludes halogenated alkanes) is 2. The van der Waals surface area contributed by atoms with Crippen molar-refractivity contribution in [1.29, 1.82) is 0 Å². The second kappa shape index (κ2) is 10.4. The third kappa shape index (κ3) is 6.51. The second-order valence-electron chi connectivity index (χ2n) is 3.77. The van der Waals surface area contributed by atoms with Crippen molar-refractivity contribution in [3.8, 4) is 5.75 Å². The van der Waals surface area contributed by atoms with Crippen LogP contribution in [-0.4, -0.2) is 25.4 Å². The van der Waals surface area contributed by atoms with Gasteiger partial charge in [0.25, 0.3) is 0 Å². The molecule has 0 heterocycles. The predicted molar refractivity (Wildman–Crippen MR) is 72.9 cm³/mol. The van der Waals surface area contributed by atoms with Crippen molar-refractivity contribution >= 4 is 12.4 Å². The van der Waals surface area contributed by atoms with Crippen LogP contribution in [0.3, 0.4) is 0 Å². The Morgan fingerprint density at radius 2 is 1.94 bits per heavy atom. The van der Waals surface area contributed by atoms with Crippen molar-refractivity contribution in [2.75, 3.05) is 20.3 Å². The van der Waals surface area contributed by atoms with Crippen molar-refractivity contribution in [3.05, 3.63) is 29.8 Å². The van der Waals surface area contributed by atoms with Gasteiger partial charge in [0.15, 0.2) is 0 Å². The van der Waals surface area contributed by atoms with E-state index in [2.05, 4.69) is 11.4 Å². The molecule has 0 amide bonds. The lowest BCUT2D eigenvalue weighted by molar-refractivity contribution is 0.283. The third-order valence-corrected chi connectivity index (χ3v) is 2.52. The van der Waals surface area contributed by atoms with Crippen LogP contribution in [0.25, 0.3) is 0 Å². The van der Waals surface area contributed by atoms with Gasteiger partial charge in [-0.1, -0.05) is 18.2 Å². The maximum absolute atomic E-state index is 8.63. The van der Waals surface area contributed by atoms with Crippen molar-refractivity contribution in [1.82, 2.24) is 5.32 Å². The number of hydrogen-bond acceptors (Lipinski definition) is 3.